The minimum absolute atomic E-state index is 0.0973. The number of hydrogen-bond acceptors (Lipinski definition) is 3. The van der Waals surface area contributed by atoms with Gasteiger partial charge in [-0.3, -0.25) is 4.90 Å². The average Bonchev–Trinajstić information content (AvgIpc) is 2.68. The number of alkyl halides is 1. The Morgan fingerprint density at radius 2 is 1.87 bits per heavy atom. The quantitative estimate of drug-likeness (QED) is 0.454. The van der Waals surface area contributed by atoms with Crippen molar-refractivity contribution in [3.8, 4) is 0 Å². The van der Waals surface area contributed by atoms with Crippen LogP contribution in [0, 0.1) is 5.92 Å². The number of halogens is 1. The first kappa shape index (κ1) is 19.3. The van der Waals surface area contributed by atoms with Gasteiger partial charge in [-0.1, -0.05) is 54.7 Å². The molecule has 1 saturated heterocycles. The zero-order chi connectivity index (χ0) is 17.3. The van der Waals surface area contributed by atoms with Crippen LogP contribution in [-0.4, -0.2) is 38.9 Å². The van der Waals surface area contributed by atoms with E-state index >= 15 is 0 Å². The minimum atomic E-state index is -0.600. The van der Waals surface area contributed by atoms with E-state index in [4.69, 9.17) is 9.47 Å². The Morgan fingerprint density at radius 1 is 1.26 bits per heavy atom. The first-order valence-corrected chi connectivity index (χ1v) is 10.4. The molecule has 0 spiro atoms. The lowest BCUT2D eigenvalue weighted by molar-refractivity contribution is -0.0747. The number of amides is 1. The van der Waals surface area contributed by atoms with Gasteiger partial charge in [0.1, 0.15) is 11.3 Å². The predicted octanol–water partition coefficient (Wildman–Crippen LogP) is 5.13. The van der Waals surface area contributed by atoms with E-state index < -0.39 is 11.3 Å². The monoisotopic (exact) mass is 437 g/mol. The van der Waals surface area contributed by atoms with Crippen LogP contribution in [0.4, 0.5) is 4.79 Å². The van der Waals surface area contributed by atoms with Crippen molar-refractivity contribution in [2.24, 2.45) is 5.92 Å². The van der Waals surface area contributed by atoms with E-state index in [1.165, 1.54) is 32.1 Å². The van der Waals surface area contributed by atoms with Crippen LogP contribution in [0.1, 0.15) is 73.1 Å². The first-order chi connectivity index (χ1) is 10.6. The Bertz CT molecular complexity index is 413. The van der Waals surface area contributed by atoms with Crippen molar-refractivity contribution < 1.29 is 14.3 Å². The minimum Gasteiger partial charge on any atom is -0.444 e. The summed E-state index contributed by atoms with van der Waals surface area (Å²) in [7, 11) is 0. The van der Waals surface area contributed by atoms with E-state index in [0.717, 1.165) is 10.8 Å². The van der Waals surface area contributed by atoms with Gasteiger partial charge in [-0.25, -0.2) is 4.79 Å². The van der Waals surface area contributed by atoms with Crippen LogP contribution >= 0.6 is 22.6 Å². The zero-order valence-corrected chi connectivity index (χ0v) is 17.4. The van der Waals surface area contributed by atoms with Crippen molar-refractivity contribution in [3.63, 3.8) is 0 Å². The third-order valence-electron chi connectivity index (χ3n) is 4.82. The Hall–Kier alpha value is -0.0400. The summed E-state index contributed by atoms with van der Waals surface area (Å²) in [5.74, 6) is 0.710. The topological polar surface area (TPSA) is 38.8 Å². The highest BCUT2D eigenvalue weighted by molar-refractivity contribution is 14.1. The van der Waals surface area contributed by atoms with Gasteiger partial charge in [0.15, 0.2) is 0 Å². The largest absolute Gasteiger partial charge is 0.444 e. The summed E-state index contributed by atoms with van der Waals surface area (Å²) < 4.78 is 12.8. The number of hydrogen-bond donors (Lipinski definition) is 0. The molecule has 1 aliphatic heterocycles. The highest BCUT2D eigenvalue weighted by Gasteiger charge is 2.51. The lowest BCUT2D eigenvalue weighted by Crippen LogP contribution is -2.51. The van der Waals surface area contributed by atoms with Gasteiger partial charge in [-0.15, -0.1) is 0 Å². The summed E-state index contributed by atoms with van der Waals surface area (Å²) in [6.45, 7) is 9.72. The van der Waals surface area contributed by atoms with Crippen molar-refractivity contribution >= 4 is 28.7 Å². The number of nitrogens with zero attached hydrogens (tertiary/aromatic N) is 1. The normalized spacial score (nSPS) is 28.9. The van der Waals surface area contributed by atoms with Crippen LogP contribution in [-0.2, 0) is 9.47 Å². The van der Waals surface area contributed by atoms with E-state index in [-0.39, 0.29) is 18.2 Å². The van der Waals surface area contributed by atoms with Gasteiger partial charge in [0.05, 0.1) is 12.1 Å². The molecule has 2 atom stereocenters. The molecule has 5 heteroatoms. The fraction of sp³-hybridized carbons (Fsp3) is 0.944. The third-order valence-corrected chi connectivity index (χ3v) is 5.69. The Kier molecular flexibility index (Phi) is 6.26. The zero-order valence-electron chi connectivity index (χ0n) is 15.2. The molecular formula is C18H32INO3. The van der Waals surface area contributed by atoms with Crippen LogP contribution in [0.3, 0.4) is 0 Å². The molecule has 0 aromatic heterocycles. The summed E-state index contributed by atoms with van der Waals surface area (Å²) in [5.41, 5.74) is -1.08. The Balaban J connectivity index is 2.16. The molecule has 0 bridgehead atoms. The van der Waals surface area contributed by atoms with E-state index in [1.54, 1.807) is 0 Å². The van der Waals surface area contributed by atoms with Crippen LogP contribution in [0.25, 0.3) is 0 Å². The van der Waals surface area contributed by atoms with Gasteiger partial charge < -0.3 is 9.47 Å². The van der Waals surface area contributed by atoms with Gasteiger partial charge in [0.2, 0.25) is 0 Å². The van der Waals surface area contributed by atoms with Crippen LogP contribution in [0.2, 0.25) is 0 Å². The maximum atomic E-state index is 12.8. The van der Waals surface area contributed by atoms with Crippen molar-refractivity contribution in [3.05, 3.63) is 0 Å². The van der Waals surface area contributed by atoms with E-state index in [0.29, 0.717) is 5.92 Å². The van der Waals surface area contributed by atoms with Gasteiger partial charge >= 0.3 is 6.09 Å². The van der Waals surface area contributed by atoms with Crippen LogP contribution < -0.4 is 0 Å². The van der Waals surface area contributed by atoms with E-state index in [2.05, 4.69) is 22.6 Å². The fourth-order valence-corrected chi connectivity index (χ4v) is 4.66. The highest BCUT2D eigenvalue weighted by atomic mass is 127. The van der Waals surface area contributed by atoms with Gasteiger partial charge in [0.25, 0.3) is 0 Å². The molecule has 0 aromatic carbocycles. The number of ether oxygens (including phenoxy) is 2. The molecular weight excluding hydrogens is 405 g/mol. The van der Waals surface area contributed by atoms with E-state index in [1.807, 2.05) is 39.5 Å². The van der Waals surface area contributed by atoms with Gasteiger partial charge in [-0.05, 0) is 47.0 Å². The molecule has 23 heavy (non-hydrogen) atoms. The third kappa shape index (κ3) is 4.97. The standard InChI is InChI=1S/C18H32INO3/c1-17(2,3)23-16(21)20-14(11-13-9-7-6-8-10-13)15(12-19)22-18(20,4)5/h13-15H,6-12H2,1-5H3/t14-,15-/m0/s1. The second-order valence-electron chi connectivity index (χ2n) is 8.41. The maximum Gasteiger partial charge on any atom is 0.412 e. The average molecular weight is 437 g/mol. The Labute approximate surface area is 154 Å². The fourth-order valence-electron chi connectivity index (χ4n) is 3.89. The Morgan fingerprint density at radius 3 is 2.39 bits per heavy atom. The van der Waals surface area contributed by atoms with Crippen molar-refractivity contribution in [1.29, 1.82) is 0 Å². The van der Waals surface area contributed by atoms with Crippen molar-refractivity contribution in [2.75, 3.05) is 4.43 Å². The van der Waals surface area contributed by atoms with Crippen molar-refractivity contribution in [2.45, 2.75) is 96.6 Å². The summed E-state index contributed by atoms with van der Waals surface area (Å²) in [6, 6.07) is 0.125. The van der Waals surface area contributed by atoms with Crippen LogP contribution in [0.5, 0.6) is 0 Å². The smallest absolute Gasteiger partial charge is 0.412 e. The molecule has 2 fully saturated rings. The SMILES string of the molecule is CC(C)(C)OC(=O)N1[C@@H](CC2CCCCC2)[C@H](CI)OC1(C)C. The lowest BCUT2D eigenvalue weighted by atomic mass is 9.83. The van der Waals surface area contributed by atoms with Crippen LogP contribution in [0.15, 0.2) is 0 Å². The molecule has 4 nitrogen and oxygen atoms in total. The molecule has 1 heterocycles. The number of carbonyl (C=O) groups is 1. The summed E-state index contributed by atoms with van der Waals surface area (Å²) in [6.07, 6.45) is 7.47. The molecule has 0 N–H and O–H groups in total. The first-order valence-electron chi connectivity index (χ1n) is 8.90. The second-order valence-corrected chi connectivity index (χ2v) is 9.30. The summed E-state index contributed by atoms with van der Waals surface area (Å²) in [5, 5.41) is 0. The highest BCUT2D eigenvalue weighted by Crippen LogP contribution is 2.39. The molecule has 1 saturated carbocycles. The van der Waals surface area contributed by atoms with Gasteiger partial charge in [0, 0.05) is 4.43 Å². The maximum absolute atomic E-state index is 12.8. The lowest BCUT2D eigenvalue weighted by Gasteiger charge is -2.36. The number of rotatable bonds is 3. The summed E-state index contributed by atoms with van der Waals surface area (Å²) >= 11 is 2.37. The second kappa shape index (κ2) is 7.46. The van der Waals surface area contributed by atoms with E-state index in [9.17, 15) is 4.79 Å². The molecule has 0 aromatic rings. The van der Waals surface area contributed by atoms with Gasteiger partial charge in [-0.2, -0.15) is 0 Å². The molecule has 134 valence electrons. The molecule has 2 aliphatic rings. The molecule has 2 rings (SSSR count). The predicted molar refractivity (Wildman–Crippen MR) is 101 cm³/mol. The molecule has 1 amide bonds. The van der Waals surface area contributed by atoms with Crippen molar-refractivity contribution in [1.82, 2.24) is 4.90 Å². The number of carbonyl (C=O) groups excluding carboxylic acids is 1. The summed E-state index contributed by atoms with van der Waals surface area (Å²) in [4.78, 5) is 14.7. The molecule has 1 aliphatic carbocycles. The molecule has 0 radical (unpaired) electrons. The molecule has 0 unspecified atom stereocenters.